The molecule has 0 unspecified atom stereocenters. The van der Waals surface area contributed by atoms with E-state index in [1.54, 1.807) is 19.9 Å². The number of nitrogens with zero attached hydrogens (tertiary/aromatic N) is 2. The minimum absolute atomic E-state index is 0.0385. The van der Waals surface area contributed by atoms with Crippen LogP contribution in [0.25, 0.3) is 10.8 Å². The van der Waals surface area contributed by atoms with E-state index in [4.69, 9.17) is 14.2 Å². The second kappa shape index (κ2) is 16.6. The molecule has 14 nitrogen and oxygen atoms in total. The fourth-order valence-corrected chi connectivity index (χ4v) is 9.26. The molecule has 19 heteroatoms. The number of fused-ring (bicyclic) bond motifs is 3. The number of sulfonamides is 1. The van der Waals surface area contributed by atoms with Crippen molar-refractivity contribution in [3.63, 3.8) is 0 Å². The van der Waals surface area contributed by atoms with Gasteiger partial charge >= 0.3 is 12.3 Å². The van der Waals surface area contributed by atoms with Gasteiger partial charge in [0.25, 0.3) is 5.91 Å². The Kier molecular flexibility index (Phi) is 12.4. The van der Waals surface area contributed by atoms with E-state index in [2.05, 4.69) is 20.3 Å². The van der Waals surface area contributed by atoms with Gasteiger partial charge in [0.2, 0.25) is 33.3 Å². The number of benzene rings is 1. The molecular weight excluding hydrogens is 815 g/mol. The van der Waals surface area contributed by atoms with Crippen LogP contribution in [0.5, 0.6) is 11.6 Å². The van der Waals surface area contributed by atoms with E-state index in [9.17, 15) is 45.2 Å². The molecule has 330 valence electrons. The van der Waals surface area contributed by atoms with Gasteiger partial charge in [-0.2, -0.15) is 13.2 Å². The van der Waals surface area contributed by atoms with Crippen molar-refractivity contribution in [3.8, 4) is 11.6 Å². The van der Waals surface area contributed by atoms with Crippen molar-refractivity contribution >= 4 is 44.6 Å². The molecule has 2 aromatic rings. The van der Waals surface area contributed by atoms with Crippen molar-refractivity contribution in [2.45, 2.75) is 133 Å². The fourth-order valence-electron chi connectivity index (χ4n) is 7.95. The number of pyridine rings is 1. The van der Waals surface area contributed by atoms with Gasteiger partial charge < -0.3 is 29.7 Å². The van der Waals surface area contributed by atoms with Gasteiger partial charge in [0.05, 0.1) is 29.5 Å². The van der Waals surface area contributed by atoms with Crippen LogP contribution in [0.2, 0.25) is 0 Å². The van der Waals surface area contributed by atoms with E-state index in [-0.39, 0.29) is 36.6 Å². The third-order valence-electron chi connectivity index (χ3n) is 12.3. The average Bonchev–Trinajstić information content (AvgIpc) is 4.04. The number of halogens is 4. The van der Waals surface area contributed by atoms with Crippen LogP contribution in [0.1, 0.15) is 92.9 Å². The van der Waals surface area contributed by atoms with Gasteiger partial charge in [-0.05, 0) is 96.3 Å². The highest BCUT2D eigenvalue weighted by Crippen LogP contribution is 2.48. The number of hydrogen-bond donors (Lipinski definition) is 3. The first-order chi connectivity index (χ1) is 28.0. The molecule has 2 aliphatic heterocycles. The normalized spacial score (nSPS) is 28.9. The van der Waals surface area contributed by atoms with Crippen LogP contribution in [-0.4, -0.2) is 95.5 Å². The number of amides is 4. The second-order valence-corrected chi connectivity index (χ2v) is 19.4. The Hall–Kier alpha value is -4.68. The number of alkyl carbamates (subject to hydrolysis) is 1. The highest BCUT2D eigenvalue weighted by Gasteiger charge is 2.63. The van der Waals surface area contributed by atoms with Crippen molar-refractivity contribution in [1.29, 1.82) is 0 Å². The Morgan fingerprint density at radius 1 is 1.10 bits per heavy atom. The number of aromatic nitrogens is 1. The molecule has 3 heterocycles. The summed E-state index contributed by atoms with van der Waals surface area (Å²) in [6.45, 7) is 8.34. The van der Waals surface area contributed by atoms with Gasteiger partial charge in [0.1, 0.15) is 35.3 Å². The lowest BCUT2D eigenvalue weighted by Gasteiger charge is -2.35. The van der Waals surface area contributed by atoms with E-state index < -0.39 is 91.7 Å². The number of rotatable bonds is 10. The predicted molar refractivity (Wildman–Crippen MR) is 211 cm³/mol. The van der Waals surface area contributed by atoms with Crippen molar-refractivity contribution < 1.29 is 59.4 Å². The van der Waals surface area contributed by atoms with Crippen molar-refractivity contribution in [3.05, 3.63) is 42.4 Å². The van der Waals surface area contributed by atoms with E-state index in [1.165, 1.54) is 31.3 Å². The third-order valence-corrected chi connectivity index (χ3v) is 14.4. The summed E-state index contributed by atoms with van der Waals surface area (Å²) in [6, 6.07) is 1.07. The maximum absolute atomic E-state index is 14.9. The number of carbonyl (C=O) groups excluding carboxylic acids is 4. The van der Waals surface area contributed by atoms with Crippen molar-refractivity contribution in [1.82, 2.24) is 25.2 Å². The van der Waals surface area contributed by atoms with E-state index in [0.29, 0.717) is 70.1 Å². The maximum atomic E-state index is 14.9. The van der Waals surface area contributed by atoms with Gasteiger partial charge in [-0.3, -0.25) is 19.1 Å². The molecule has 6 rings (SSSR count). The van der Waals surface area contributed by atoms with Crippen molar-refractivity contribution in [2.24, 2.45) is 17.8 Å². The number of nitrogens with one attached hydrogen (secondary N) is 3. The molecule has 7 atom stereocenters. The monoisotopic (exact) mass is 867 g/mol. The molecule has 0 spiro atoms. The minimum atomic E-state index is -4.94. The molecule has 0 radical (unpaired) electrons. The van der Waals surface area contributed by atoms with Gasteiger partial charge in [0.15, 0.2) is 0 Å². The lowest BCUT2D eigenvalue weighted by Crippen LogP contribution is -2.60. The molecular formula is C41H53F4N5O9S. The zero-order valence-electron chi connectivity index (χ0n) is 34.5. The predicted octanol–water partition coefficient (Wildman–Crippen LogP) is 5.83. The Morgan fingerprint density at radius 3 is 2.47 bits per heavy atom. The smallest absolute Gasteiger partial charge is 0.427 e. The summed E-state index contributed by atoms with van der Waals surface area (Å²) in [5.74, 6) is -4.13. The van der Waals surface area contributed by atoms with Crippen LogP contribution in [0.15, 0.2) is 36.5 Å². The molecule has 1 saturated heterocycles. The number of hydrogen-bond acceptors (Lipinski definition) is 10. The largest absolute Gasteiger partial charge is 0.492 e. The highest BCUT2D eigenvalue weighted by molar-refractivity contribution is 7.91. The Balaban J connectivity index is 1.38. The molecule has 2 aliphatic carbocycles. The van der Waals surface area contributed by atoms with Crippen LogP contribution in [0.3, 0.4) is 0 Å². The Bertz CT molecular complexity index is 2150. The summed E-state index contributed by atoms with van der Waals surface area (Å²) < 4.78 is 100. The van der Waals surface area contributed by atoms with E-state index in [1.807, 2.05) is 13.0 Å². The van der Waals surface area contributed by atoms with Crippen LogP contribution >= 0.6 is 0 Å². The highest BCUT2D eigenvalue weighted by atomic mass is 32.2. The van der Waals surface area contributed by atoms with E-state index >= 15 is 0 Å². The molecule has 1 aromatic carbocycles. The minimum Gasteiger partial charge on any atom is -0.492 e. The van der Waals surface area contributed by atoms with E-state index in [0.717, 1.165) is 4.90 Å². The van der Waals surface area contributed by atoms with Gasteiger partial charge in [-0.25, -0.2) is 22.6 Å². The summed E-state index contributed by atoms with van der Waals surface area (Å²) in [4.78, 5) is 62.2. The quantitative estimate of drug-likeness (QED) is 0.194. The zero-order valence-corrected chi connectivity index (χ0v) is 35.3. The molecule has 4 amide bonds. The Labute approximate surface area is 346 Å². The van der Waals surface area contributed by atoms with Crippen LogP contribution < -0.4 is 24.8 Å². The zero-order chi connectivity index (χ0) is 44.0. The SMILES string of the molecule is CCOc1cnc(O[C@@H]2C[C@H]3C(=O)N[C@]4(C(=O)NS(=O)(=O)C5(C)CC5)C[C@H]4/C=C\CC[C@@H](C)C[C@@H](CC)[C@H](NC(=O)OC(C)(C)C(F)(F)F)C(=O)N3C2)c2cc(F)ccc12. The summed E-state index contributed by atoms with van der Waals surface area (Å²) >= 11 is 0. The maximum Gasteiger partial charge on any atom is 0.427 e. The third kappa shape index (κ3) is 9.15. The molecule has 4 aliphatic rings. The lowest BCUT2D eigenvalue weighted by atomic mass is 9.85. The second-order valence-electron chi connectivity index (χ2n) is 17.2. The van der Waals surface area contributed by atoms with Gasteiger partial charge in [-0.1, -0.05) is 32.4 Å². The number of ether oxygens (including phenoxy) is 3. The van der Waals surface area contributed by atoms with Gasteiger partial charge in [0, 0.05) is 17.7 Å². The molecule has 3 fully saturated rings. The van der Waals surface area contributed by atoms with Crippen LogP contribution in [0.4, 0.5) is 22.4 Å². The van der Waals surface area contributed by atoms with Crippen LogP contribution in [-0.2, 0) is 29.1 Å². The van der Waals surface area contributed by atoms with Gasteiger partial charge in [-0.15, -0.1) is 0 Å². The number of alkyl halides is 3. The molecule has 3 N–H and O–H groups in total. The fraction of sp³-hybridized carbons (Fsp3) is 0.634. The summed E-state index contributed by atoms with van der Waals surface area (Å²) in [5, 5.41) is 5.89. The first-order valence-corrected chi connectivity index (χ1v) is 21.8. The number of carbonyl (C=O) groups is 4. The van der Waals surface area contributed by atoms with Crippen LogP contribution in [0, 0.1) is 23.6 Å². The molecule has 0 bridgehead atoms. The lowest BCUT2D eigenvalue weighted by molar-refractivity contribution is -0.244. The topological polar surface area (TPSA) is 182 Å². The molecule has 1 aromatic heterocycles. The first kappa shape index (κ1) is 44.9. The number of allylic oxidation sites excluding steroid dienone is 1. The standard InChI is InChI=1S/C41H53F4N5O9S/c1-7-24-17-23(3)11-9-10-12-25-20-40(25,36(53)49-60(55,56)39(6)15-16-39)48-33(51)30-19-27(58-34-29-18-26(42)13-14-28(29)31(21-46-34)57-8-2)22-50(30)35(52)32(24)47-37(54)59-38(4,5)41(43,44)45/h10,12-14,18,21,23-25,27,30,32H,7-9,11,15-17,19-20,22H2,1-6H3,(H,47,54)(H,48,51)(H,49,53)/b12-10-/t23-,24-,25-,27-,30+,32+,40-/m1/s1. The van der Waals surface area contributed by atoms with Crippen molar-refractivity contribution in [2.75, 3.05) is 13.2 Å². The summed E-state index contributed by atoms with van der Waals surface area (Å²) in [7, 11) is -4.11. The molecule has 60 heavy (non-hydrogen) atoms. The molecule has 2 saturated carbocycles. The summed E-state index contributed by atoms with van der Waals surface area (Å²) in [6.07, 6.45) is -0.0641. The first-order valence-electron chi connectivity index (χ1n) is 20.3. The Morgan fingerprint density at radius 2 is 1.82 bits per heavy atom. The average molecular weight is 868 g/mol. The summed E-state index contributed by atoms with van der Waals surface area (Å²) in [5.41, 5.74) is -4.60.